The van der Waals surface area contributed by atoms with E-state index in [-0.39, 0.29) is 24.1 Å². The second-order valence-corrected chi connectivity index (χ2v) is 4.97. The van der Waals surface area contributed by atoms with Crippen molar-refractivity contribution >= 4 is 5.91 Å². The molecule has 1 heterocycles. The van der Waals surface area contributed by atoms with Gasteiger partial charge < -0.3 is 15.7 Å². The predicted octanol–water partition coefficient (Wildman–Crippen LogP) is 0.548. The van der Waals surface area contributed by atoms with Gasteiger partial charge in [0.1, 0.15) is 0 Å². The Morgan fingerprint density at radius 2 is 1.94 bits per heavy atom. The standard InChI is InChI=1S/C12H22N2O2/c15-11-7-3-1-2-5-9(11)14-12(16)10-6-4-8-13-10/h9-11,13,15H,1-8H2,(H,14,16). The number of hydrogen-bond donors (Lipinski definition) is 3. The maximum absolute atomic E-state index is 11.9. The summed E-state index contributed by atoms with van der Waals surface area (Å²) in [5.74, 6) is 0.0726. The Labute approximate surface area is 96.8 Å². The Balaban J connectivity index is 1.84. The van der Waals surface area contributed by atoms with Gasteiger partial charge in [-0.05, 0) is 32.2 Å². The van der Waals surface area contributed by atoms with E-state index in [0.29, 0.717) is 0 Å². The molecule has 1 aliphatic carbocycles. The van der Waals surface area contributed by atoms with Crippen LogP contribution in [0.1, 0.15) is 44.9 Å². The highest BCUT2D eigenvalue weighted by atomic mass is 16.3. The van der Waals surface area contributed by atoms with Gasteiger partial charge in [0.05, 0.1) is 18.2 Å². The van der Waals surface area contributed by atoms with Crippen LogP contribution in [0, 0.1) is 0 Å². The Bertz CT molecular complexity index is 239. The zero-order valence-electron chi connectivity index (χ0n) is 9.74. The van der Waals surface area contributed by atoms with Gasteiger partial charge in [0.15, 0.2) is 0 Å². The topological polar surface area (TPSA) is 61.4 Å². The number of aliphatic hydroxyl groups excluding tert-OH is 1. The molecule has 1 aliphatic heterocycles. The molecule has 92 valence electrons. The molecule has 16 heavy (non-hydrogen) atoms. The summed E-state index contributed by atoms with van der Waals surface area (Å²) < 4.78 is 0. The second-order valence-electron chi connectivity index (χ2n) is 4.97. The van der Waals surface area contributed by atoms with Gasteiger partial charge in [0, 0.05) is 0 Å². The van der Waals surface area contributed by atoms with Crippen LogP contribution < -0.4 is 10.6 Å². The van der Waals surface area contributed by atoms with Gasteiger partial charge in [-0.15, -0.1) is 0 Å². The number of carbonyl (C=O) groups excluding carboxylic acids is 1. The van der Waals surface area contributed by atoms with Crippen molar-refractivity contribution in [3.8, 4) is 0 Å². The lowest BCUT2D eigenvalue weighted by atomic mass is 10.1. The fourth-order valence-electron chi connectivity index (χ4n) is 2.65. The highest BCUT2D eigenvalue weighted by Crippen LogP contribution is 2.18. The molecule has 1 amide bonds. The molecular weight excluding hydrogens is 204 g/mol. The van der Waals surface area contributed by atoms with Crippen LogP contribution in [0.2, 0.25) is 0 Å². The summed E-state index contributed by atoms with van der Waals surface area (Å²) in [5, 5.41) is 16.1. The average molecular weight is 226 g/mol. The second kappa shape index (κ2) is 5.64. The molecule has 4 nitrogen and oxygen atoms in total. The van der Waals surface area contributed by atoms with Crippen LogP contribution in [-0.4, -0.2) is 35.7 Å². The van der Waals surface area contributed by atoms with Gasteiger partial charge in [-0.3, -0.25) is 4.79 Å². The van der Waals surface area contributed by atoms with Crippen LogP contribution in [-0.2, 0) is 4.79 Å². The smallest absolute Gasteiger partial charge is 0.237 e. The van der Waals surface area contributed by atoms with E-state index in [4.69, 9.17) is 0 Å². The molecule has 0 aromatic rings. The first-order valence-electron chi connectivity index (χ1n) is 6.49. The van der Waals surface area contributed by atoms with Crippen molar-refractivity contribution in [3.63, 3.8) is 0 Å². The van der Waals surface area contributed by atoms with Gasteiger partial charge in [-0.1, -0.05) is 19.3 Å². The van der Waals surface area contributed by atoms with Gasteiger partial charge in [0.2, 0.25) is 5.91 Å². The average Bonchev–Trinajstić information content (AvgIpc) is 2.73. The van der Waals surface area contributed by atoms with Crippen molar-refractivity contribution in [2.24, 2.45) is 0 Å². The third-order valence-corrected chi connectivity index (χ3v) is 3.68. The molecule has 3 unspecified atom stereocenters. The molecule has 3 atom stereocenters. The van der Waals surface area contributed by atoms with Crippen molar-refractivity contribution in [1.82, 2.24) is 10.6 Å². The van der Waals surface area contributed by atoms with Crippen molar-refractivity contribution in [3.05, 3.63) is 0 Å². The molecule has 2 aliphatic rings. The summed E-state index contributed by atoms with van der Waals surface area (Å²) in [5.41, 5.74) is 0. The highest BCUT2D eigenvalue weighted by molar-refractivity contribution is 5.82. The molecule has 2 fully saturated rings. The van der Waals surface area contributed by atoms with Crippen LogP contribution in [0.15, 0.2) is 0 Å². The fraction of sp³-hybridized carbons (Fsp3) is 0.917. The zero-order chi connectivity index (χ0) is 11.4. The minimum atomic E-state index is -0.354. The number of carbonyl (C=O) groups is 1. The molecule has 0 spiro atoms. The number of nitrogens with one attached hydrogen (secondary N) is 2. The molecule has 1 saturated heterocycles. The van der Waals surface area contributed by atoms with Crippen LogP contribution in [0.5, 0.6) is 0 Å². The van der Waals surface area contributed by atoms with Crippen molar-refractivity contribution < 1.29 is 9.90 Å². The highest BCUT2D eigenvalue weighted by Gasteiger charge is 2.27. The van der Waals surface area contributed by atoms with Gasteiger partial charge in [-0.2, -0.15) is 0 Å². The first-order valence-corrected chi connectivity index (χ1v) is 6.49. The summed E-state index contributed by atoms with van der Waals surface area (Å²) in [6, 6.07) is -0.0622. The lowest BCUT2D eigenvalue weighted by Crippen LogP contribution is -2.49. The Morgan fingerprint density at radius 3 is 2.69 bits per heavy atom. The number of hydrogen-bond acceptors (Lipinski definition) is 3. The first kappa shape index (κ1) is 11.9. The van der Waals surface area contributed by atoms with Crippen molar-refractivity contribution in [2.45, 2.75) is 63.1 Å². The Morgan fingerprint density at radius 1 is 1.12 bits per heavy atom. The van der Waals surface area contributed by atoms with E-state index in [1.165, 1.54) is 6.42 Å². The third kappa shape index (κ3) is 2.95. The van der Waals surface area contributed by atoms with E-state index in [0.717, 1.165) is 45.1 Å². The van der Waals surface area contributed by atoms with E-state index < -0.39 is 0 Å². The summed E-state index contributed by atoms with van der Waals surface area (Å²) >= 11 is 0. The number of rotatable bonds is 2. The first-order chi connectivity index (χ1) is 7.77. The molecule has 0 aromatic heterocycles. The predicted molar refractivity (Wildman–Crippen MR) is 62.0 cm³/mol. The molecule has 1 saturated carbocycles. The molecule has 3 N–H and O–H groups in total. The molecule has 0 aromatic carbocycles. The van der Waals surface area contributed by atoms with E-state index in [1.54, 1.807) is 0 Å². The maximum Gasteiger partial charge on any atom is 0.237 e. The van der Waals surface area contributed by atoms with E-state index >= 15 is 0 Å². The van der Waals surface area contributed by atoms with Crippen LogP contribution in [0.3, 0.4) is 0 Å². The minimum absolute atomic E-state index is 0.0302. The maximum atomic E-state index is 11.9. The summed E-state index contributed by atoms with van der Waals surface area (Å²) in [6.45, 7) is 0.936. The van der Waals surface area contributed by atoms with Crippen LogP contribution >= 0.6 is 0 Å². The largest absolute Gasteiger partial charge is 0.391 e. The monoisotopic (exact) mass is 226 g/mol. The van der Waals surface area contributed by atoms with E-state index in [9.17, 15) is 9.90 Å². The molecular formula is C12H22N2O2. The quantitative estimate of drug-likeness (QED) is 0.603. The number of amides is 1. The summed E-state index contributed by atoms with van der Waals surface area (Å²) in [4.78, 5) is 11.9. The SMILES string of the molecule is O=C(NC1CCCCCC1O)C1CCCN1. The zero-order valence-corrected chi connectivity index (χ0v) is 9.74. The lowest BCUT2D eigenvalue weighted by molar-refractivity contribution is -0.124. The summed E-state index contributed by atoms with van der Waals surface area (Å²) in [7, 11) is 0. The van der Waals surface area contributed by atoms with Gasteiger partial charge >= 0.3 is 0 Å². The van der Waals surface area contributed by atoms with Gasteiger partial charge in [-0.25, -0.2) is 0 Å². The molecule has 4 heteroatoms. The minimum Gasteiger partial charge on any atom is -0.391 e. The Kier molecular flexibility index (Phi) is 4.18. The normalized spacial score (nSPS) is 35.7. The Hall–Kier alpha value is -0.610. The number of aliphatic hydroxyl groups is 1. The van der Waals surface area contributed by atoms with E-state index in [1.807, 2.05) is 0 Å². The van der Waals surface area contributed by atoms with Crippen molar-refractivity contribution in [1.29, 1.82) is 0 Å². The molecule has 0 radical (unpaired) electrons. The molecule has 2 rings (SSSR count). The summed E-state index contributed by atoms with van der Waals surface area (Å²) in [6.07, 6.45) is 6.75. The third-order valence-electron chi connectivity index (χ3n) is 3.68. The lowest BCUT2D eigenvalue weighted by Gasteiger charge is -2.23. The van der Waals surface area contributed by atoms with Crippen molar-refractivity contribution in [2.75, 3.05) is 6.54 Å². The van der Waals surface area contributed by atoms with Crippen LogP contribution in [0.4, 0.5) is 0 Å². The van der Waals surface area contributed by atoms with Crippen LogP contribution in [0.25, 0.3) is 0 Å². The molecule has 0 bridgehead atoms. The van der Waals surface area contributed by atoms with Gasteiger partial charge in [0.25, 0.3) is 0 Å². The van der Waals surface area contributed by atoms with E-state index in [2.05, 4.69) is 10.6 Å². The fourth-order valence-corrected chi connectivity index (χ4v) is 2.65.